The molecule has 198 valence electrons. The number of alkyl halides is 3. The molecule has 2 aromatic rings. The predicted molar refractivity (Wildman–Crippen MR) is 133 cm³/mol. The van der Waals surface area contributed by atoms with Crippen LogP contribution in [0.2, 0.25) is 0 Å². The van der Waals surface area contributed by atoms with Crippen LogP contribution in [0, 0.1) is 0 Å². The number of carbonyl (C=O) groups is 1. The Kier molecular flexibility index (Phi) is 6.94. The number of aliphatic imine (C=N–C) groups is 2. The molecule has 1 unspecified atom stereocenters. The first-order chi connectivity index (χ1) is 18.2. The van der Waals surface area contributed by atoms with Gasteiger partial charge in [0, 0.05) is 31.4 Å². The molecule has 3 aliphatic rings. The summed E-state index contributed by atoms with van der Waals surface area (Å²) in [7, 11) is 0. The smallest absolute Gasteiger partial charge is 0.395 e. The van der Waals surface area contributed by atoms with E-state index < -0.39 is 17.6 Å². The summed E-state index contributed by atoms with van der Waals surface area (Å²) in [4.78, 5) is 27.6. The molecule has 1 fully saturated rings. The maximum atomic E-state index is 13.0. The van der Waals surface area contributed by atoms with Crippen LogP contribution in [-0.4, -0.2) is 76.5 Å². The molecule has 38 heavy (non-hydrogen) atoms. The second-order valence-corrected chi connectivity index (χ2v) is 8.90. The van der Waals surface area contributed by atoms with Crippen LogP contribution >= 0.6 is 0 Å². The number of β-amino-alcohol motifs (C(OH)–C–C–N with tert-alkyl or cyclic N) is 1. The van der Waals surface area contributed by atoms with Crippen LogP contribution in [0.1, 0.15) is 21.5 Å². The van der Waals surface area contributed by atoms with Gasteiger partial charge < -0.3 is 15.2 Å². The number of morpholine rings is 1. The Morgan fingerprint density at radius 1 is 1.26 bits per heavy atom. The van der Waals surface area contributed by atoms with Gasteiger partial charge in [0.15, 0.2) is 0 Å². The van der Waals surface area contributed by atoms with E-state index >= 15 is 0 Å². The van der Waals surface area contributed by atoms with Crippen molar-refractivity contribution in [2.45, 2.75) is 12.3 Å². The van der Waals surface area contributed by atoms with E-state index in [1.54, 1.807) is 30.7 Å². The highest BCUT2D eigenvalue weighted by atomic mass is 19.4. The summed E-state index contributed by atoms with van der Waals surface area (Å²) in [5.74, 6) is 6.43. The highest BCUT2D eigenvalue weighted by Crippen LogP contribution is 2.34. The number of anilines is 1. The average Bonchev–Trinajstić information content (AvgIpc) is 3.22. The number of hydrogen-bond acceptors (Lipinski definition) is 8. The van der Waals surface area contributed by atoms with Gasteiger partial charge in [-0.05, 0) is 36.4 Å². The van der Waals surface area contributed by atoms with Crippen molar-refractivity contribution in [3.05, 3.63) is 83.1 Å². The monoisotopic (exact) mass is 528 g/mol. The van der Waals surface area contributed by atoms with E-state index in [1.165, 1.54) is 12.1 Å². The molecule has 13 heteroatoms. The zero-order chi connectivity index (χ0) is 26.9. The van der Waals surface area contributed by atoms with E-state index in [0.29, 0.717) is 49.0 Å². The van der Waals surface area contributed by atoms with Crippen molar-refractivity contribution >= 4 is 23.8 Å². The summed E-state index contributed by atoms with van der Waals surface area (Å²) in [6, 6.07) is 8.01. The number of nitrogens with one attached hydrogen (secondary N) is 1. The lowest BCUT2D eigenvalue weighted by molar-refractivity contribution is -0.750. The zero-order valence-electron chi connectivity index (χ0n) is 20.1. The highest BCUT2D eigenvalue weighted by Gasteiger charge is 2.46. The number of hydrogen-bond donors (Lipinski definition) is 3. The van der Waals surface area contributed by atoms with Crippen molar-refractivity contribution in [2.24, 2.45) is 15.8 Å². The normalized spacial score (nSPS) is 23.4. The number of amidine groups is 1. The minimum atomic E-state index is -4.55. The van der Waals surface area contributed by atoms with E-state index in [9.17, 15) is 23.1 Å². The molecule has 0 aliphatic carbocycles. The summed E-state index contributed by atoms with van der Waals surface area (Å²) >= 11 is 0. The summed E-state index contributed by atoms with van der Waals surface area (Å²) in [6.45, 7) is 2.28. The Morgan fingerprint density at radius 2 is 2.05 bits per heavy atom. The minimum absolute atomic E-state index is 0.0397. The minimum Gasteiger partial charge on any atom is -0.395 e. The van der Waals surface area contributed by atoms with Crippen molar-refractivity contribution in [3.8, 4) is 0 Å². The van der Waals surface area contributed by atoms with E-state index in [1.807, 2.05) is 0 Å². The number of amides is 1. The van der Waals surface area contributed by atoms with Gasteiger partial charge in [-0.2, -0.15) is 24.0 Å². The number of aromatic nitrogens is 1. The summed E-state index contributed by atoms with van der Waals surface area (Å²) in [5, 5.41) is 11.7. The first kappa shape index (κ1) is 25.9. The van der Waals surface area contributed by atoms with Crippen molar-refractivity contribution in [3.63, 3.8) is 0 Å². The number of benzene rings is 1. The third-order valence-electron chi connectivity index (χ3n) is 6.43. The van der Waals surface area contributed by atoms with Crippen LogP contribution in [-0.2, 0) is 10.9 Å². The fraction of sp³-hybridized carbons (Fsp3) is 0.280. The number of allylic oxidation sites excluding steroid dienone is 1. The number of rotatable bonds is 6. The fourth-order valence-electron chi connectivity index (χ4n) is 4.49. The van der Waals surface area contributed by atoms with E-state index in [2.05, 4.69) is 20.2 Å². The number of fused-ring (bicyclic) bond motifs is 1. The third-order valence-corrected chi connectivity index (χ3v) is 6.43. The summed E-state index contributed by atoms with van der Waals surface area (Å²) in [5.41, 5.74) is 1.23. The van der Waals surface area contributed by atoms with Crippen LogP contribution in [0.5, 0.6) is 0 Å². The average molecular weight is 529 g/mol. The van der Waals surface area contributed by atoms with Crippen molar-refractivity contribution < 1.29 is 32.4 Å². The Bertz CT molecular complexity index is 1350. The molecule has 1 aromatic heterocycles. The number of nitrogens with zero attached hydrogens (tertiary/aromatic N) is 5. The molecular formula is C25H25F3N7O3+. The molecule has 5 rings (SSSR count). The number of nitrogens with two attached hydrogens (primary N) is 1. The van der Waals surface area contributed by atoms with Crippen LogP contribution in [0.25, 0.3) is 0 Å². The van der Waals surface area contributed by atoms with Gasteiger partial charge >= 0.3 is 6.18 Å². The van der Waals surface area contributed by atoms with Gasteiger partial charge in [-0.15, -0.1) is 4.59 Å². The first-order valence-corrected chi connectivity index (χ1v) is 11.8. The van der Waals surface area contributed by atoms with Crippen molar-refractivity contribution in [1.29, 1.82) is 0 Å². The molecule has 2 atom stereocenters. The molecule has 4 heterocycles. The maximum absolute atomic E-state index is 13.0. The van der Waals surface area contributed by atoms with E-state index in [0.717, 1.165) is 18.3 Å². The molecule has 3 aliphatic heterocycles. The zero-order valence-corrected chi connectivity index (χ0v) is 20.1. The number of carbonyl (C=O) groups excluding carboxylic acids is 1. The Hall–Kier alpha value is -3.75. The number of halogens is 3. The molecule has 0 bridgehead atoms. The van der Waals surface area contributed by atoms with Crippen LogP contribution < -0.4 is 11.2 Å². The molecule has 4 N–H and O–H groups in total. The Labute approximate surface area is 215 Å². The van der Waals surface area contributed by atoms with Crippen LogP contribution in [0.3, 0.4) is 0 Å². The van der Waals surface area contributed by atoms with Gasteiger partial charge in [0.25, 0.3) is 11.7 Å². The Morgan fingerprint density at radius 3 is 2.79 bits per heavy atom. The molecule has 0 radical (unpaired) electrons. The van der Waals surface area contributed by atoms with Crippen LogP contribution in [0.15, 0.2) is 76.4 Å². The molecule has 1 aromatic carbocycles. The lowest BCUT2D eigenvalue weighted by Crippen LogP contribution is -2.53. The number of quaternary nitrogens is 1. The summed E-state index contributed by atoms with van der Waals surface area (Å²) < 4.78 is 44.7. The van der Waals surface area contributed by atoms with Gasteiger partial charge in [-0.25, -0.2) is 4.98 Å². The largest absolute Gasteiger partial charge is 0.416 e. The van der Waals surface area contributed by atoms with Gasteiger partial charge in [-0.1, -0.05) is 0 Å². The number of aliphatic hydroxyl groups is 1. The van der Waals surface area contributed by atoms with Gasteiger partial charge in [0.05, 0.1) is 36.8 Å². The van der Waals surface area contributed by atoms with Crippen LogP contribution in [0.4, 0.5) is 19.0 Å². The van der Waals surface area contributed by atoms with Crippen molar-refractivity contribution in [2.75, 3.05) is 38.2 Å². The predicted octanol–water partition coefficient (Wildman–Crippen LogP) is 2.26. The Balaban J connectivity index is 1.37. The molecule has 10 nitrogen and oxygen atoms in total. The number of aliphatic hydroxyl groups excluding tert-OH is 1. The van der Waals surface area contributed by atoms with E-state index in [4.69, 9.17) is 15.6 Å². The lowest BCUT2D eigenvalue weighted by atomic mass is 10.1. The third kappa shape index (κ3) is 5.01. The number of ether oxygens (including phenoxy) is 1. The van der Waals surface area contributed by atoms with Crippen molar-refractivity contribution in [1.82, 2.24) is 9.88 Å². The second kappa shape index (κ2) is 10.2. The highest BCUT2D eigenvalue weighted by molar-refractivity contribution is 6.05. The fourth-order valence-corrected chi connectivity index (χ4v) is 4.49. The van der Waals surface area contributed by atoms with Gasteiger partial charge in [0.2, 0.25) is 5.70 Å². The standard InChI is InChI=1S/C25H24F3N7O3/c26-25(27,28)18-5-6-31-21(13-18)32-24(37)17-3-1-16(2-4-17)23-33-22(19-14-30-7-10-35(19,23)29)20-15-34(8-11-36)9-12-38-20/h1-7,10,13-14,20,36H,8-9,11-12,15,29H2/p+1/t20-,35?/m1/s1. The molecule has 0 saturated carbocycles. The first-order valence-electron chi connectivity index (χ1n) is 11.8. The topological polar surface area (TPSA) is 125 Å². The second-order valence-electron chi connectivity index (χ2n) is 8.90. The van der Waals surface area contributed by atoms with Gasteiger partial charge in [-0.3, -0.25) is 14.7 Å². The number of pyridine rings is 1. The van der Waals surface area contributed by atoms with E-state index in [-0.39, 0.29) is 28.7 Å². The molecule has 1 amide bonds. The quantitative estimate of drug-likeness (QED) is 0.390. The molecule has 0 spiro atoms. The lowest BCUT2D eigenvalue weighted by Gasteiger charge is -2.32. The SMILES string of the molecule is N[N+]12C=CN=CC1=C([C@H]1CN(CCO)CCO1)N=C2c1ccc(C(=O)Nc2cc(C(F)(F)F)ccn2)cc1. The summed E-state index contributed by atoms with van der Waals surface area (Å²) in [6.07, 6.45) is 0.977. The maximum Gasteiger partial charge on any atom is 0.416 e. The molecule has 1 saturated heterocycles. The molecular weight excluding hydrogens is 503 g/mol. The van der Waals surface area contributed by atoms with Gasteiger partial charge in [0.1, 0.15) is 23.8 Å².